The van der Waals surface area contributed by atoms with Crippen molar-refractivity contribution in [3.05, 3.63) is 29.8 Å². The molecule has 3 N–H and O–H groups in total. The molecule has 0 saturated carbocycles. The lowest BCUT2D eigenvalue weighted by Crippen LogP contribution is -2.62. The molecule has 0 aromatic heterocycles. The number of benzene rings is 1. The predicted molar refractivity (Wildman–Crippen MR) is 155 cm³/mol. The van der Waals surface area contributed by atoms with Crippen LogP contribution in [0.25, 0.3) is 0 Å². The Morgan fingerprint density at radius 3 is 2.49 bits per heavy atom. The van der Waals surface area contributed by atoms with Crippen molar-refractivity contribution in [3.8, 4) is 0 Å². The molecule has 3 aliphatic rings. The first-order valence-corrected chi connectivity index (χ1v) is 14.8. The van der Waals surface area contributed by atoms with Crippen LogP contribution in [0, 0.1) is 5.92 Å². The Balaban J connectivity index is 0.00000420. The summed E-state index contributed by atoms with van der Waals surface area (Å²) in [6.07, 6.45) is 3.11. The molecule has 3 aliphatic heterocycles. The highest BCUT2D eigenvalue weighted by Crippen LogP contribution is 2.37. The summed E-state index contributed by atoms with van der Waals surface area (Å²) < 4.78 is 0. The fourth-order valence-electron chi connectivity index (χ4n) is 5.63. The minimum absolute atomic E-state index is 0. The molecule has 2 fully saturated rings. The maximum absolute atomic E-state index is 14.0. The molecule has 1 unspecified atom stereocenters. The zero-order valence-electron chi connectivity index (χ0n) is 23.3. The average molecular weight is 580 g/mol. The maximum atomic E-state index is 14.0. The van der Waals surface area contributed by atoms with Crippen LogP contribution in [0.3, 0.4) is 0 Å². The van der Waals surface area contributed by atoms with E-state index >= 15 is 0 Å². The molecule has 3 heterocycles. The zero-order valence-corrected chi connectivity index (χ0v) is 24.9. The van der Waals surface area contributed by atoms with Gasteiger partial charge in [-0.05, 0) is 57.2 Å². The molecule has 39 heavy (non-hydrogen) atoms. The van der Waals surface area contributed by atoms with Crippen LogP contribution in [-0.4, -0.2) is 83.5 Å². The van der Waals surface area contributed by atoms with Gasteiger partial charge in [0.2, 0.25) is 23.6 Å². The minimum Gasteiger partial charge on any atom is -0.347 e. The minimum atomic E-state index is -0.905. The van der Waals surface area contributed by atoms with Crippen LogP contribution in [0.15, 0.2) is 29.2 Å². The third-order valence-electron chi connectivity index (χ3n) is 7.85. The fraction of sp³-hybridized carbons (Fsp3) is 0.643. The van der Waals surface area contributed by atoms with Crippen molar-refractivity contribution >= 4 is 47.8 Å². The smallest absolute Gasteiger partial charge is 0.247 e. The molecule has 4 amide bonds. The van der Waals surface area contributed by atoms with Crippen LogP contribution in [0.1, 0.15) is 64.5 Å². The van der Waals surface area contributed by atoms with E-state index in [2.05, 4.69) is 28.1 Å². The van der Waals surface area contributed by atoms with E-state index in [1.54, 1.807) is 35.5 Å². The van der Waals surface area contributed by atoms with Crippen molar-refractivity contribution in [3.63, 3.8) is 0 Å². The van der Waals surface area contributed by atoms with Gasteiger partial charge in [-0.15, -0.1) is 24.2 Å². The number of carbonyl (C=O) groups excluding carboxylic acids is 4. The molecule has 0 aliphatic carbocycles. The van der Waals surface area contributed by atoms with Gasteiger partial charge in [0.15, 0.2) is 0 Å². The maximum Gasteiger partial charge on any atom is 0.247 e. The number of rotatable bonds is 7. The average Bonchev–Trinajstić information content (AvgIpc) is 3.31. The third-order valence-corrected chi connectivity index (χ3v) is 8.97. The molecule has 5 atom stereocenters. The van der Waals surface area contributed by atoms with Crippen molar-refractivity contribution in [2.45, 2.75) is 88.0 Å². The van der Waals surface area contributed by atoms with E-state index in [4.69, 9.17) is 0 Å². The van der Waals surface area contributed by atoms with Crippen LogP contribution in [0.4, 0.5) is 0 Å². The van der Waals surface area contributed by atoms with Crippen molar-refractivity contribution in [1.82, 2.24) is 25.8 Å². The van der Waals surface area contributed by atoms with Gasteiger partial charge in [-0.2, -0.15) is 0 Å². The molecule has 216 valence electrons. The Morgan fingerprint density at radius 2 is 1.77 bits per heavy atom. The van der Waals surface area contributed by atoms with Crippen LogP contribution in [0.2, 0.25) is 0 Å². The summed E-state index contributed by atoms with van der Waals surface area (Å²) in [5.41, 5.74) is 1.12. The largest absolute Gasteiger partial charge is 0.347 e. The number of hydrogen-bond donors (Lipinski definition) is 3. The summed E-state index contributed by atoms with van der Waals surface area (Å²) in [7, 11) is 1.68. The van der Waals surface area contributed by atoms with Gasteiger partial charge in [-0.1, -0.05) is 32.0 Å². The Hall–Kier alpha value is -2.30. The van der Waals surface area contributed by atoms with Gasteiger partial charge < -0.3 is 25.8 Å². The Bertz CT molecular complexity index is 1060. The molecular weight excluding hydrogens is 538 g/mol. The first kappa shape index (κ1) is 31.2. The molecule has 11 heteroatoms. The Kier molecular flexibility index (Phi) is 11.1. The lowest BCUT2D eigenvalue weighted by atomic mass is 10.0. The normalized spacial score (nSPS) is 25.5. The summed E-state index contributed by atoms with van der Waals surface area (Å²) in [6.45, 7) is 6.31. The number of halogens is 1. The highest BCUT2D eigenvalue weighted by Gasteiger charge is 2.46. The predicted octanol–water partition coefficient (Wildman–Crippen LogP) is 2.49. The number of hydrogen-bond acceptors (Lipinski definition) is 6. The summed E-state index contributed by atoms with van der Waals surface area (Å²) >= 11 is 1.80. The SMILES string of the molecule is CN[C@@H](C)C(=O)N[C@H]1CN(C(=O)CC(C)C)CC[C@H]2CC[C@@H](C(=O)NC3CCSc4ccccc43)N2C1=O.Cl. The van der Waals surface area contributed by atoms with Crippen LogP contribution < -0.4 is 16.0 Å². The van der Waals surface area contributed by atoms with E-state index in [-0.39, 0.29) is 60.6 Å². The Morgan fingerprint density at radius 1 is 1.03 bits per heavy atom. The number of amides is 4. The lowest BCUT2D eigenvalue weighted by Gasteiger charge is -2.39. The van der Waals surface area contributed by atoms with Gasteiger partial charge in [0.05, 0.1) is 12.1 Å². The molecule has 0 spiro atoms. The second kappa shape index (κ2) is 13.9. The van der Waals surface area contributed by atoms with Gasteiger partial charge in [-0.3, -0.25) is 19.2 Å². The second-order valence-electron chi connectivity index (χ2n) is 11.0. The third kappa shape index (κ3) is 7.27. The highest BCUT2D eigenvalue weighted by atomic mass is 35.5. The van der Waals surface area contributed by atoms with Gasteiger partial charge in [0.1, 0.15) is 12.1 Å². The van der Waals surface area contributed by atoms with E-state index in [1.165, 1.54) is 4.90 Å². The molecule has 4 rings (SSSR count). The zero-order chi connectivity index (χ0) is 27.4. The van der Waals surface area contributed by atoms with Crippen LogP contribution in [-0.2, 0) is 19.2 Å². The van der Waals surface area contributed by atoms with Gasteiger partial charge in [-0.25, -0.2) is 0 Å². The number of likely N-dealkylation sites (N-methyl/N-ethyl adjacent to an activating group) is 1. The molecule has 1 aromatic rings. The number of thioether (sulfide) groups is 1. The molecule has 1 aromatic carbocycles. The van der Waals surface area contributed by atoms with Crippen molar-refractivity contribution in [1.29, 1.82) is 0 Å². The molecule has 0 radical (unpaired) electrons. The lowest BCUT2D eigenvalue weighted by molar-refractivity contribution is -0.147. The number of carbonyl (C=O) groups is 4. The summed E-state index contributed by atoms with van der Waals surface area (Å²) in [5, 5.41) is 9.00. The molecule has 9 nitrogen and oxygen atoms in total. The molecular formula is C28H42ClN5O4S. The monoisotopic (exact) mass is 579 g/mol. The summed E-state index contributed by atoms with van der Waals surface area (Å²) in [5.74, 6) is 0.371. The van der Waals surface area contributed by atoms with Crippen molar-refractivity contribution < 1.29 is 19.2 Å². The number of fused-ring (bicyclic) bond motifs is 2. The van der Waals surface area contributed by atoms with Crippen LogP contribution >= 0.6 is 24.2 Å². The summed E-state index contributed by atoms with van der Waals surface area (Å²) in [6, 6.07) is 5.91. The second-order valence-corrected chi connectivity index (χ2v) is 12.2. The first-order chi connectivity index (χ1) is 18.2. The number of nitrogens with zero attached hydrogens (tertiary/aromatic N) is 2. The molecule has 0 bridgehead atoms. The van der Waals surface area contributed by atoms with Crippen molar-refractivity contribution in [2.24, 2.45) is 5.92 Å². The van der Waals surface area contributed by atoms with Gasteiger partial charge in [0, 0.05) is 36.2 Å². The van der Waals surface area contributed by atoms with Gasteiger partial charge >= 0.3 is 0 Å². The quantitative estimate of drug-likeness (QED) is 0.458. The van der Waals surface area contributed by atoms with Crippen LogP contribution in [0.5, 0.6) is 0 Å². The van der Waals surface area contributed by atoms with E-state index in [0.717, 1.165) is 17.7 Å². The summed E-state index contributed by atoms with van der Waals surface area (Å²) in [4.78, 5) is 58.0. The van der Waals surface area contributed by atoms with Gasteiger partial charge in [0.25, 0.3) is 0 Å². The Labute approximate surface area is 242 Å². The molecule has 2 saturated heterocycles. The van der Waals surface area contributed by atoms with Crippen molar-refractivity contribution in [2.75, 3.05) is 25.9 Å². The topological polar surface area (TPSA) is 111 Å². The fourth-order valence-corrected chi connectivity index (χ4v) is 6.76. The highest BCUT2D eigenvalue weighted by molar-refractivity contribution is 7.99. The first-order valence-electron chi connectivity index (χ1n) is 13.8. The van der Waals surface area contributed by atoms with E-state index in [1.807, 2.05) is 26.0 Å². The van der Waals surface area contributed by atoms with E-state index in [9.17, 15) is 19.2 Å². The van der Waals surface area contributed by atoms with E-state index in [0.29, 0.717) is 32.2 Å². The van der Waals surface area contributed by atoms with E-state index < -0.39 is 18.1 Å². The number of nitrogens with one attached hydrogen (secondary N) is 3. The standard InChI is InChI=1S/C28H41N5O4S.ClH/c1-17(2)15-25(34)32-13-11-19-9-10-23(33(19)28(37)22(16-32)31-26(35)18(3)29-4)27(36)30-21-12-14-38-24-8-6-5-7-20(21)24;/h5-8,17-19,21-23,29H,9-16H2,1-4H3,(H,30,36)(H,31,35);1H/t18-,19+,21?,22-,23-;/m0./s1.